The Labute approximate surface area is 118 Å². The van der Waals surface area contributed by atoms with E-state index in [9.17, 15) is 17.6 Å². The van der Waals surface area contributed by atoms with Crippen molar-refractivity contribution >= 4 is 5.82 Å². The van der Waals surface area contributed by atoms with Crippen molar-refractivity contribution in [2.45, 2.75) is 25.9 Å². The smallest absolute Gasteiger partial charge is 0.384 e. The van der Waals surface area contributed by atoms with Crippen molar-refractivity contribution < 1.29 is 17.6 Å². The molecular weight excluding hydrogens is 286 g/mol. The molecule has 2 N–H and O–H groups in total. The van der Waals surface area contributed by atoms with Gasteiger partial charge in [-0.2, -0.15) is 13.2 Å². The van der Waals surface area contributed by atoms with Gasteiger partial charge in [0.15, 0.2) is 5.82 Å². The van der Waals surface area contributed by atoms with Crippen LogP contribution in [0.25, 0.3) is 11.4 Å². The summed E-state index contributed by atoms with van der Waals surface area (Å²) >= 11 is 0. The number of hydrogen-bond donors (Lipinski definition) is 1. The summed E-state index contributed by atoms with van der Waals surface area (Å²) in [5.74, 6) is -0.868. The average molecular weight is 299 g/mol. The highest BCUT2D eigenvalue weighted by Crippen LogP contribution is 2.32. The molecule has 0 saturated heterocycles. The SMILES string of the molecule is CCCc1cc(N)nc(-c2cc(F)cc(C(F)(F)F)c2)n1. The summed E-state index contributed by atoms with van der Waals surface area (Å²) in [5.41, 5.74) is 5.10. The van der Waals surface area contributed by atoms with Gasteiger partial charge in [0.05, 0.1) is 5.56 Å². The Balaban J connectivity index is 2.53. The number of alkyl halides is 3. The van der Waals surface area contributed by atoms with Crippen molar-refractivity contribution in [3.63, 3.8) is 0 Å². The molecule has 7 heteroatoms. The molecule has 1 aromatic heterocycles. The molecule has 0 bridgehead atoms. The number of aryl methyl sites for hydroxylation is 1. The second-order valence-corrected chi connectivity index (χ2v) is 4.58. The summed E-state index contributed by atoms with van der Waals surface area (Å²) in [4.78, 5) is 8.02. The second-order valence-electron chi connectivity index (χ2n) is 4.58. The number of nitrogens with two attached hydrogens (primary N) is 1. The van der Waals surface area contributed by atoms with Crippen molar-refractivity contribution in [2.24, 2.45) is 0 Å². The van der Waals surface area contributed by atoms with Crippen molar-refractivity contribution in [3.05, 3.63) is 41.3 Å². The average Bonchev–Trinajstić information content (AvgIpc) is 2.36. The van der Waals surface area contributed by atoms with Crippen LogP contribution >= 0.6 is 0 Å². The van der Waals surface area contributed by atoms with Gasteiger partial charge in [-0.25, -0.2) is 14.4 Å². The van der Waals surface area contributed by atoms with Crippen LogP contribution in [-0.4, -0.2) is 9.97 Å². The van der Waals surface area contributed by atoms with Crippen LogP contribution < -0.4 is 5.73 Å². The zero-order valence-corrected chi connectivity index (χ0v) is 11.2. The first kappa shape index (κ1) is 15.2. The van der Waals surface area contributed by atoms with Crippen molar-refractivity contribution in [2.75, 3.05) is 5.73 Å². The maximum absolute atomic E-state index is 13.4. The van der Waals surface area contributed by atoms with E-state index in [1.165, 1.54) is 0 Å². The molecule has 0 saturated carbocycles. The van der Waals surface area contributed by atoms with Gasteiger partial charge in [0.25, 0.3) is 0 Å². The lowest BCUT2D eigenvalue weighted by atomic mass is 10.1. The normalized spacial score (nSPS) is 11.7. The third-order valence-corrected chi connectivity index (χ3v) is 2.79. The highest BCUT2D eigenvalue weighted by Gasteiger charge is 2.31. The molecule has 0 radical (unpaired) electrons. The minimum Gasteiger partial charge on any atom is -0.384 e. The molecule has 0 aliphatic rings. The Morgan fingerprint density at radius 2 is 1.81 bits per heavy atom. The lowest BCUT2D eigenvalue weighted by molar-refractivity contribution is -0.137. The second kappa shape index (κ2) is 5.67. The van der Waals surface area contributed by atoms with E-state index >= 15 is 0 Å². The van der Waals surface area contributed by atoms with E-state index in [1.807, 2.05) is 6.92 Å². The minimum atomic E-state index is -4.64. The molecule has 2 aromatic rings. The molecule has 21 heavy (non-hydrogen) atoms. The molecule has 0 aliphatic carbocycles. The first-order valence-electron chi connectivity index (χ1n) is 6.31. The summed E-state index contributed by atoms with van der Waals surface area (Å²) < 4.78 is 51.5. The van der Waals surface area contributed by atoms with E-state index in [-0.39, 0.29) is 17.2 Å². The van der Waals surface area contributed by atoms with Crippen molar-refractivity contribution in [1.82, 2.24) is 9.97 Å². The lowest BCUT2D eigenvalue weighted by Crippen LogP contribution is -2.07. The lowest BCUT2D eigenvalue weighted by Gasteiger charge is -2.10. The molecule has 0 atom stereocenters. The van der Waals surface area contributed by atoms with E-state index in [0.717, 1.165) is 18.6 Å². The zero-order chi connectivity index (χ0) is 15.6. The molecule has 0 aliphatic heterocycles. The van der Waals surface area contributed by atoms with E-state index in [1.54, 1.807) is 6.07 Å². The maximum atomic E-state index is 13.4. The number of aromatic nitrogens is 2. The van der Waals surface area contributed by atoms with E-state index in [2.05, 4.69) is 9.97 Å². The topological polar surface area (TPSA) is 51.8 Å². The van der Waals surface area contributed by atoms with E-state index < -0.39 is 17.6 Å². The standard InChI is InChI=1S/C14H13F4N3/c1-2-3-11-7-12(19)21-13(20-11)8-4-9(14(16,17)18)6-10(15)5-8/h4-7H,2-3H2,1H3,(H2,19,20,21). The molecule has 0 unspecified atom stereocenters. The van der Waals surface area contributed by atoms with Crippen LogP contribution in [0.5, 0.6) is 0 Å². The van der Waals surface area contributed by atoms with Gasteiger partial charge in [0, 0.05) is 17.3 Å². The number of benzene rings is 1. The Bertz CT molecular complexity index is 653. The van der Waals surface area contributed by atoms with Crippen LogP contribution in [0.2, 0.25) is 0 Å². The number of hydrogen-bond acceptors (Lipinski definition) is 3. The summed E-state index contributed by atoms with van der Waals surface area (Å²) in [7, 11) is 0. The molecule has 112 valence electrons. The van der Waals surface area contributed by atoms with Crippen LogP contribution in [0.15, 0.2) is 24.3 Å². The number of halogens is 4. The quantitative estimate of drug-likeness (QED) is 0.876. The van der Waals surface area contributed by atoms with Gasteiger partial charge < -0.3 is 5.73 Å². The van der Waals surface area contributed by atoms with Crippen LogP contribution in [0.4, 0.5) is 23.4 Å². The first-order chi connectivity index (χ1) is 9.79. The van der Waals surface area contributed by atoms with Gasteiger partial charge in [0.1, 0.15) is 11.6 Å². The molecule has 2 rings (SSSR count). The van der Waals surface area contributed by atoms with E-state index in [0.29, 0.717) is 18.2 Å². The molecule has 3 nitrogen and oxygen atoms in total. The number of anilines is 1. The fourth-order valence-electron chi connectivity index (χ4n) is 1.91. The first-order valence-corrected chi connectivity index (χ1v) is 6.31. The highest BCUT2D eigenvalue weighted by atomic mass is 19.4. The van der Waals surface area contributed by atoms with Crippen LogP contribution in [-0.2, 0) is 12.6 Å². The zero-order valence-electron chi connectivity index (χ0n) is 11.2. The molecular formula is C14H13F4N3. The Kier molecular flexibility index (Phi) is 4.11. The molecule has 1 aromatic carbocycles. The minimum absolute atomic E-state index is 0.0107. The third kappa shape index (κ3) is 3.68. The van der Waals surface area contributed by atoms with Gasteiger partial charge in [-0.3, -0.25) is 0 Å². The number of nitrogen functional groups attached to an aromatic ring is 1. The van der Waals surface area contributed by atoms with Crippen LogP contribution in [0, 0.1) is 5.82 Å². The Morgan fingerprint density at radius 3 is 2.43 bits per heavy atom. The number of nitrogens with zero attached hydrogens (tertiary/aromatic N) is 2. The van der Waals surface area contributed by atoms with Gasteiger partial charge in [-0.15, -0.1) is 0 Å². The van der Waals surface area contributed by atoms with Crippen molar-refractivity contribution in [1.29, 1.82) is 0 Å². The van der Waals surface area contributed by atoms with Crippen molar-refractivity contribution in [3.8, 4) is 11.4 Å². The Morgan fingerprint density at radius 1 is 1.10 bits per heavy atom. The van der Waals surface area contributed by atoms with Crippen LogP contribution in [0.3, 0.4) is 0 Å². The third-order valence-electron chi connectivity index (χ3n) is 2.79. The number of rotatable bonds is 3. The summed E-state index contributed by atoms with van der Waals surface area (Å²) in [6.45, 7) is 1.93. The predicted molar refractivity (Wildman–Crippen MR) is 70.8 cm³/mol. The summed E-state index contributed by atoms with van der Waals surface area (Å²) in [6, 6.07) is 3.76. The molecule has 1 heterocycles. The van der Waals surface area contributed by atoms with Gasteiger partial charge in [-0.1, -0.05) is 13.3 Å². The predicted octanol–water partition coefficient (Wildman–Crippen LogP) is 3.84. The fourth-order valence-corrected chi connectivity index (χ4v) is 1.91. The fraction of sp³-hybridized carbons (Fsp3) is 0.286. The highest BCUT2D eigenvalue weighted by molar-refractivity contribution is 5.58. The molecule has 0 spiro atoms. The van der Waals surface area contributed by atoms with Gasteiger partial charge in [0.2, 0.25) is 0 Å². The molecule has 0 fully saturated rings. The molecule has 0 amide bonds. The van der Waals surface area contributed by atoms with Gasteiger partial charge >= 0.3 is 6.18 Å². The summed E-state index contributed by atoms with van der Waals surface area (Å²) in [6.07, 6.45) is -3.22. The van der Waals surface area contributed by atoms with Crippen LogP contribution in [0.1, 0.15) is 24.6 Å². The largest absolute Gasteiger partial charge is 0.416 e. The summed E-state index contributed by atoms with van der Waals surface area (Å²) in [5, 5.41) is 0. The maximum Gasteiger partial charge on any atom is 0.416 e. The monoisotopic (exact) mass is 299 g/mol. The van der Waals surface area contributed by atoms with Gasteiger partial charge in [-0.05, 0) is 24.6 Å². The van der Waals surface area contributed by atoms with E-state index in [4.69, 9.17) is 5.73 Å². The Hall–Kier alpha value is -2.18.